The van der Waals surface area contributed by atoms with Crippen molar-refractivity contribution in [1.29, 1.82) is 0 Å². The molecular formula is C38H39BrClNO6S. The number of rotatable bonds is 8. The molecule has 6 rings (SSSR count). The van der Waals surface area contributed by atoms with Crippen molar-refractivity contribution in [2.24, 2.45) is 10.8 Å². The highest BCUT2D eigenvalue weighted by molar-refractivity contribution is 9.10. The summed E-state index contributed by atoms with van der Waals surface area (Å²) in [6.45, 7) is 9.11. The average molecular weight is 753 g/mol. The third-order valence-electron chi connectivity index (χ3n) is 9.37. The first kappa shape index (κ1) is 34.5. The minimum atomic E-state index is -4.24. The van der Waals surface area contributed by atoms with Crippen molar-refractivity contribution in [2.75, 3.05) is 13.7 Å². The van der Waals surface area contributed by atoms with Crippen LogP contribution in [0.4, 0.5) is 0 Å². The van der Waals surface area contributed by atoms with Crippen molar-refractivity contribution in [3.05, 3.63) is 110 Å². The Morgan fingerprint density at radius 2 is 1.42 bits per heavy atom. The number of hydrogen-bond acceptors (Lipinski definition) is 7. The van der Waals surface area contributed by atoms with Gasteiger partial charge in [0.1, 0.15) is 4.90 Å². The fraction of sp³-hybridized carbons (Fsp3) is 0.368. The molecule has 0 saturated heterocycles. The van der Waals surface area contributed by atoms with Crippen LogP contribution >= 0.6 is 27.5 Å². The molecule has 0 fully saturated rings. The molecule has 2 aliphatic carbocycles. The van der Waals surface area contributed by atoms with Gasteiger partial charge in [-0.25, -0.2) is 0 Å². The summed E-state index contributed by atoms with van der Waals surface area (Å²) in [4.78, 5) is 30.7. The molecule has 7 nitrogen and oxygen atoms in total. The summed E-state index contributed by atoms with van der Waals surface area (Å²) < 4.78 is 38.1. The van der Waals surface area contributed by atoms with Gasteiger partial charge in [-0.1, -0.05) is 69.6 Å². The molecule has 0 unspecified atom stereocenters. The van der Waals surface area contributed by atoms with E-state index in [1.54, 1.807) is 12.1 Å². The van der Waals surface area contributed by atoms with Crippen LogP contribution in [0.2, 0.25) is 5.02 Å². The minimum absolute atomic E-state index is 0.0147. The quantitative estimate of drug-likeness (QED) is 0.213. The van der Waals surface area contributed by atoms with E-state index in [1.807, 2.05) is 18.2 Å². The number of carbonyl (C=O) groups excluding carboxylic acids is 2. The maximum atomic E-state index is 14.3. The van der Waals surface area contributed by atoms with Gasteiger partial charge in [0.2, 0.25) is 0 Å². The summed E-state index contributed by atoms with van der Waals surface area (Å²) in [5, 5.41) is 0.395. The van der Waals surface area contributed by atoms with E-state index >= 15 is 0 Å². The van der Waals surface area contributed by atoms with E-state index in [-0.39, 0.29) is 38.8 Å². The lowest BCUT2D eigenvalue weighted by Crippen LogP contribution is -2.45. The number of halogens is 2. The van der Waals surface area contributed by atoms with Gasteiger partial charge >= 0.3 is 10.1 Å². The second-order valence-corrected chi connectivity index (χ2v) is 17.3. The standard InChI is InChI=1S/C38H39BrClNO6S/c1-37(2)19-28-34(30(42)21-37)33(35-29(20-38(3,4)22-31(35)43)41(28)16-15-23-9-7-6-8-10-23)24-17-27(39)36(32(18-24)46-5)47-48(44,45)26-13-11-25(40)12-14-26/h6-14,17-18,33H,15-16,19-22H2,1-5H3. The molecule has 3 aromatic rings. The molecule has 3 aromatic carbocycles. The molecule has 252 valence electrons. The zero-order valence-electron chi connectivity index (χ0n) is 27.7. The Morgan fingerprint density at radius 1 is 0.854 bits per heavy atom. The Morgan fingerprint density at radius 3 is 1.96 bits per heavy atom. The predicted molar refractivity (Wildman–Crippen MR) is 190 cm³/mol. The number of allylic oxidation sites excluding steroid dienone is 4. The van der Waals surface area contributed by atoms with Crippen LogP contribution in [0.25, 0.3) is 0 Å². The second-order valence-electron chi connectivity index (χ2n) is 14.4. The summed E-state index contributed by atoms with van der Waals surface area (Å²) in [5.41, 5.74) is 4.50. The normalized spacial score (nSPS) is 19.3. The number of ether oxygens (including phenoxy) is 1. The van der Waals surface area contributed by atoms with E-state index in [0.29, 0.717) is 58.4 Å². The molecule has 0 N–H and O–H groups in total. The van der Waals surface area contributed by atoms with E-state index in [0.717, 1.165) is 17.8 Å². The van der Waals surface area contributed by atoms with Crippen molar-refractivity contribution in [3.8, 4) is 11.5 Å². The van der Waals surface area contributed by atoms with Crippen molar-refractivity contribution in [3.63, 3.8) is 0 Å². The molecular weight excluding hydrogens is 714 g/mol. The summed E-state index contributed by atoms with van der Waals surface area (Å²) >= 11 is 9.51. The van der Waals surface area contributed by atoms with E-state index in [9.17, 15) is 18.0 Å². The highest BCUT2D eigenvalue weighted by Crippen LogP contribution is 2.55. The first-order chi connectivity index (χ1) is 22.6. The van der Waals surface area contributed by atoms with Crippen molar-refractivity contribution >= 4 is 49.2 Å². The molecule has 10 heteroatoms. The van der Waals surface area contributed by atoms with Gasteiger partial charge in [0.25, 0.3) is 0 Å². The van der Waals surface area contributed by atoms with Gasteiger partial charge in [-0.3, -0.25) is 9.59 Å². The van der Waals surface area contributed by atoms with E-state index in [4.69, 9.17) is 20.5 Å². The lowest BCUT2D eigenvalue weighted by molar-refractivity contribution is -0.119. The van der Waals surface area contributed by atoms with Gasteiger partial charge in [0.15, 0.2) is 23.1 Å². The fourth-order valence-electron chi connectivity index (χ4n) is 7.28. The third-order valence-corrected chi connectivity index (χ3v) is 11.4. The van der Waals surface area contributed by atoms with Crippen LogP contribution in [0.1, 0.15) is 70.4 Å². The predicted octanol–water partition coefficient (Wildman–Crippen LogP) is 8.81. The molecule has 1 heterocycles. The first-order valence-corrected chi connectivity index (χ1v) is 18.6. The minimum Gasteiger partial charge on any atom is -0.493 e. The van der Waals surface area contributed by atoms with Crippen LogP contribution in [0.3, 0.4) is 0 Å². The van der Waals surface area contributed by atoms with E-state index in [1.165, 1.54) is 36.9 Å². The van der Waals surface area contributed by atoms with Crippen LogP contribution in [-0.4, -0.2) is 38.5 Å². The lowest BCUT2D eigenvalue weighted by atomic mass is 9.63. The van der Waals surface area contributed by atoms with Gasteiger partial charge in [0.05, 0.1) is 11.6 Å². The molecule has 0 radical (unpaired) electrons. The Bertz CT molecular complexity index is 1910. The highest BCUT2D eigenvalue weighted by atomic mass is 79.9. The lowest BCUT2D eigenvalue weighted by Gasteiger charge is -2.49. The summed E-state index contributed by atoms with van der Waals surface area (Å²) in [7, 11) is -2.82. The molecule has 0 bridgehead atoms. The summed E-state index contributed by atoms with van der Waals surface area (Å²) in [6.07, 6.45) is 2.84. The van der Waals surface area contributed by atoms with Crippen LogP contribution in [0.15, 0.2) is 98.6 Å². The zero-order chi connectivity index (χ0) is 34.6. The number of hydrogen-bond donors (Lipinski definition) is 0. The number of Topliss-reactive ketones (excluding diaryl/α,β-unsaturated/α-hetero) is 2. The number of nitrogens with zero attached hydrogens (tertiary/aromatic N) is 1. The van der Waals surface area contributed by atoms with Crippen LogP contribution in [0.5, 0.6) is 11.5 Å². The van der Waals surface area contributed by atoms with Crippen LogP contribution in [0, 0.1) is 10.8 Å². The average Bonchev–Trinajstić information content (AvgIpc) is 3.00. The van der Waals surface area contributed by atoms with Crippen molar-refractivity contribution < 1.29 is 26.9 Å². The van der Waals surface area contributed by atoms with E-state index < -0.39 is 16.0 Å². The summed E-state index contributed by atoms with van der Waals surface area (Å²) in [5.74, 6) is -0.490. The molecule has 0 aromatic heterocycles. The Balaban J connectivity index is 1.50. The summed E-state index contributed by atoms with van der Waals surface area (Å²) in [6, 6.07) is 19.4. The third kappa shape index (κ3) is 6.74. The number of methoxy groups -OCH3 is 1. The van der Waals surface area contributed by atoms with E-state index in [2.05, 4.69) is 60.7 Å². The second kappa shape index (κ2) is 12.8. The Hall–Kier alpha value is -3.40. The van der Waals surface area contributed by atoms with Crippen LogP contribution < -0.4 is 8.92 Å². The molecule has 0 spiro atoms. The van der Waals surface area contributed by atoms with Crippen molar-refractivity contribution in [2.45, 2.75) is 70.6 Å². The number of carbonyl (C=O) groups is 2. The van der Waals surface area contributed by atoms with Crippen LogP contribution in [-0.2, 0) is 26.1 Å². The van der Waals surface area contributed by atoms with Gasteiger partial charge in [-0.15, -0.1) is 0 Å². The SMILES string of the molecule is COc1cc(C2C3=C(CC(C)(C)CC3=O)N(CCc3ccccc3)C3=C2C(=O)CC(C)(C)C3)cc(Br)c1OS(=O)(=O)c1ccc(Cl)cc1. The molecule has 0 amide bonds. The molecule has 3 aliphatic rings. The maximum absolute atomic E-state index is 14.3. The van der Waals surface area contributed by atoms with Crippen molar-refractivity contribution in [1.82, 2.24) is 4.90 Å². The maximum Gasteiger partial charge on any atom is 0.339 e. The number of benzene rings is 3. The fourth-order valence-corrected chi connectivity index (χ4v) is 9.01. The monoisotopic (exact) mass is 751 g/mol. The highest BCUT2D eigenvalue weighted by Gasteiger charge is 2.49. The Labute approximate surface area is 296 Å². The van der Waals surface area contributed by atoms with Gasteiger partial charge in [0, 0.05) is 52.9 Å². The Kier molecular flexibility index (Phi) is 9.20. The van der Waals surface area contributed by atoms with Gasteiger partial charge < -0.3 is 13.8 Å². The van der Waals surface area contributed by atoms with Gasteiger partial charge in [-0.05, 0) is 93.5 Å². The molecule has 48 heavy (non-hydrogen) atoms. The smallest absolute Gasteiger partial charge is 0.339 e. The molecule has 0 atom stereocenters. The number of ketones is 2. The molecule has 1 aliphatic heterocycles. The topological polar surface area (TPSA) is 90.0 Å². The zero-order valence-corrected chi connectivity index (χ0v) is 30.9. The van der Waals surface area contributed by atoms with Gasteiger partial charge in [-0.2, -0.15) is 8.42 Å². The molecule has 0 saturated carbocycles. The largest absolute Gasteiger partial charge is 0.493 e. The first-order valence-electron chi connectivity index (χ1n) is 16.0.